The lowest BCUT2D eigenvalue weighted by atomic mass is 9.75. The summed E-state index contributed by atoms with van der Waals surface area (Å²) in [5.41, 5.74) is 9.47. The van der Waals surface area contributed by atoms with Crippen molar-refractivity contribution in [3.63, 3.8) is 0 Å². The fraction of sp³-hybridized carbons (Fsp3) is 0.600. The molecule has 1 saturated carbocycles. The number of hydrogen-bond acceptors (Lipinski definition) is 5. The highest BCUT2D eigenvalue weighted by Gasteiger charge is 2.29. The molecule has 0 amide bonds. The van der Waals surface area contributed by atoms with Crippen LogP contribution in [0.15, 0.2) is 16.8 Å². The summed E-state index contributed by atoms with van der Waals surface area (Å²) in [6.07, 6.45) is 4.94. The van der Waals surface area contributed by atoms with Crippen LogP contribution in [0.25, 0.3) is 11.0 Å². The summed E-state index contributed by atoms with van der Waals surface area (Å²) in [5.74, 6) is 0. The Morgan fingerprint density at radius 3 is 2.55 bits per heavy atom. The van der Waals surface area contributed by atoms with E-state index in [1.54, 1.807) is 0 Å². The number of anilines is 2. The van der Waals surface area contributed by atoms with Crippen molar-refractivity contribution in [2.24, 2.45) is 5.41 Å². The minimum atomic E-state index is 0.475. The van der Waals surface area contributed by atoms with Crippen molar-refractivity contribution < 1.29 is 4.63 Å². The predicted molar refractivity (Wildman–Crippen MR) is 80.7 cm³/mol. The molecule has 1 aromatic heterocycles. The molecule has 0 unspecified atom stereocenters. The van der Waals surface area contributed by atoms with Gasteiger partial charge in [0.1, 0.15) is 0 Å². The fourth-order valence-electron chi connectivity index (χ4n) is 3.13. The highest BCUT2D eigenvalue weighted by Crippen LogP contribution is 2.39. The van der Waals surface area contributed by atoms with E-state index in [1.165, 1.54) is 25.7 Å². The standard InChI is InChI=1S/C15H22N4O/c1-15(2)8-6-10(7-9-15)19(3)12-5-4-11(16)13-14(12)18-20-17-13/h4-5,10H,6-9,16H2,1-3H3. The topological polar surface area (TPSA) is 68.2 Å². The summed E-state index contributed by atoms with van der Waals surface area (Å²) in [6, 6.07) is 4.44. The van der Waals surface area contributed by atoms with Crippen molar-refractivity contribution in [2.45, 2.75) is 45.6 Å². The molecule has 1 aromatic carbocycles. The van der Waals surface area contributed by atoms with Crippen molar-refractivity contribution in [2.75, 3.05) is 17.7 Å². The maximum Gasteiger partial charge on any atom is 0.160 e. The molecule has 1 aliphatic rings. The molecule has 1 fully saturated rings. The lowest BCUT2D eigenvalue weighted by Crippen LogP contribution is -2.37. The molecule has 0 spiro atoms. The van der Waals surface area contributed by atoms with Crippen molar-refractivity contribution in [1.82, 2.24) is 10.3 Å². The van der Waals surface area contributed by atoms with Crippen LogP contribution in [0.1, 0.15) is 39.5 Å². The van der Waals surface area contributed by atoms with Gasteiger partial charge in [0.2, 0.25) is 0 Å². The van der Waals surface area contributed by atoms with Crippen molar-refractivity contribution in [1.29, 1.82) is 0 Å². The van der Waals surface area contributed by atoms with Crippen molar-refractivity contribution in [3.8, 4) is 0 Å². The molecular formula is C15H22N4O. The van der Waals surface area contributed by atoms with E-state index < -0.39 is 0 Å². The smallest absolute Gasteiger partial charge is 0.160 e. The van der Waals surface area contributed by atoms with Gasteiger partial charge >= 0.3 is 0 Å². The first kappa shape index (κ1) is 13.2. The highest BCUT2D eigenvalue weighted by molar-refractivity contribution is 5.95. The second kappa shape index (κ2) is 4.65. The van der Waals surface area contributed by atoms with Gasteiger partial charge in [0.05, 0.1) is 11.4 Å². The van der Waals surface area contributed by atoms with E-state index in [9.17, 15) is 0 Å². The number of nitrogens with two attached hydrogens (primary N) is 1. The Kier molecular flexibility index (Phi) is 3.07. The number of nitrogen functional groups attached to an aromatic ring is 1. The molecule has 0 radical (unpaired) electrons. The number of aromatic nitrogens is 2. The Balaban J connectivity index is 1.88. The van der Waals surface area contributed by atoms with E-state index in [1.807, 2.05) is 12.1 Å². The van der Waals surface area contributed by atoms with E-state index in [-0.39, 0.29) is 0 Å². The second-order valence-corrected chi connectivity index (χ2v) is 6.64. The first-order valence-corrected chi connectivity index (χ1v) is 7.21. The van der Waals surface area contributed by atoms with E-state index in [0.717, 1.165) is 11.2 Å². The largest absolute Gasteiger partial charge is 0.397 e. The maximum atomic E-state index is 5.90. The molecule has 108 valence electrons. The van der Waals surface area contributed by atoms with Gasteiger partial charge in [0, 0.05) is 13.1 Å². The number of nitrogens with zero attached hydrogens (tertiary/aromatic N) is 3. The fourth-order valence-corrected chi connectivity index (χ4v) is 3.13. The Labute approximate surface area is 119 Å². The van der Waals surface area contributed by atoms with E-state index >= 15 is 0 Å². The first-order valence-electron chi connectivity index (χ1n) is 7.21. The van der Waals surface area contributed by atoms with Crippen LogP contribution in [-0.2, 0) is 0 Å². The molecule has 0 saturated heterocycles. The average Bonchev–Trinajstić information content (AvgIpc) is 2.88. The third-order valence-electron chi connectivity index (χ3n) is 4.66. The molecule has 5 heteroatoms. The zero-order valence-corrected chi connectivity index (χ0v) is 12.4. The second-order valence-electron chi connectivity index (χ2n) is 6.64. The minimum absolute atomic E-state index is 0.475. The first-order chi connectivity index (χ1) is 9.48. The summed E-state index contributed by atoms with van der Waals surface area (Å²) < 4.78 is 4.85. The van der Waals surface area contributed by atoms with Gasteiger partial charge in [-0.25, -0.2) is 4.63 Å². The van der Waals surface area contributed by atoms with Gasteiger partial charge < -0.3 is 10.6 Å². The molecule has 2 N–H and O–H groups in total. The van der Waals surface area contributed by atoms with Crippen LogP contribution in [0.5, 0.6) is 0 Å². The third kappa shape index (κ3) is 2.21. The minimum Gasteiger partial charge on any atom is -0.397 e. The predicted octanol–water partition coefficient (Wildman–Crippen LogP) is 3.21. The normalized spacial score (nSPS) is 19.4. The Hall–Kier alpha value is -1.78. The lowest BCUT2D eigenvalue weighted by molar-refractivity contribution is 0.222. The van der Waals surface area contributed by atoms with Crippen LogP contribution in [0.3, 0.4) is 0 Å². The van der Waals surface area contributed by atoms with Gasteiger partial charge in [0.25, 0.3) is 0 Å². The monoisotopic (exact) mass is 274 g/mol. The number of fused-ring (bicyclic) bond motifs is 1. The van der Waals surface area contributed by atoms with Crippen LogP contribution in [0.4, 0.5) is 11.4 Å². The number of hydrogen-bond donors (Lipinski definition) is 1. The lowest BCUT2D eigenvalue weighted by Gasteiger charge is -2.39. The molecule has 0 bridgehead atoms. The molecule has 3 rings (SSSR count). The molecule has 5 nitrogen and oxygen atoms in total. The van der Waals surface area contributed by atoms with Gasteiger partial charge in [-0.05, 0) is 53.5 Å². The SMILES string of the molecule is CN(c1ccc(N)c2nonc12)C1CCC(C)(C)CC1. The zero-order valence-electron chi connectivity index (χ0n) is 12.4. The summed E-state index contributed by atoms with van der Waals surface area (Å²) in [4.78, 5) is 2.31. The summed E-state index contributed by atoms with van der Waals surface area (Å²) in [7, 11) is 2.13. The Bertz CT molecular complexity index is 609. The molecule has 1 heterocycles. The summed E-state index contributed by atoms with van der Waals surface area (Å²) in [5, 5.41) is 7.91. The summed E-state index contributed by atoms with van der Waals surface area (Å²) >= 11 is 0. The van der Waals surface area contributed by atoms with Crippen LogP contribution in [0.2, 0.25) is 0 Å². The van der Waals surface area contributed by atoms with Crippen molar-refractivity contribution >= 4 is 22.4 Å². The molecule has 20 heavy (non-hydrogen) atoms. The number of benzene rings is 1. The highest BCUT2D eigenvalue weighted by atomic mass is 16.6. The van der Waals surface area contributed by atoms with Gasteiger partial charge in [-0.3, -0.25) is 0 Å². The van der Waals surface area contributed by atoms with Crippen LogP contribution < -0.4 is 10.6 Å². The van der Waals surface area contributed by atoms with Crippen LogP contribution >= 0.6 is 0 Å². The van der Waals surface area contributed by atoms with Gasteiger partial charge in [-0.2, -0.15) is 0 Å². The van der Waals surface area contributed by atoms with E-state index in [2.05, 4.69) is 36.1 Å². The maximum absolute atomic E-state index is 5.90. The van der Waals surface area contributed by atoms with Crippen LogP contribution in [-0.4, -0.2) is 23.4 Å². The van der Waals surface area contributed by atoms with Gasteiger partial charge in [-0.15, -0.1) is 0 Å². The summed E-state index contributed by atoms with van der Waals surface area (Å²) in [6.45, 7) is 4.71. The van der Waals surface area contributed by atoms with Crippen LogP contribution in [0, 0.1) is 5.41 Å². The Morgan fingerprint density at radius 2 is 1.85 bits per heavy atom. The molecular weight excluding hydrogens is 252 g/mol. The third-order valence-corrected chi connectivity index (χ3v) is 4.66. The quantitative estimate of drug-likeness (QED) is 0.852. The van der Waals surface area contributed by atoms with Gasteiger partial charge in [-0.1, -0.05) is 13.8 Å². The molecule has 0 aliphatic heterocycles. The van der Waals surface area contributed by atoms with E-state index in [4.69, 9.17) is 10.4 Å². The number of rotatable bonds is 2. The molecule has 0 atom stereocenters. The zero-order chi connectivity index (χ0) is 14.3. The van der Waals surface area contributed by atoms with E-state index in [0.29, 0.717) is 22.7 Å². The Morgan fingerprint density at radius 1 is 1.20 bits per heavy atom. The van der Waals surface area contributed by atoms with Crippen molar-refractivity contribution in [3.05, 3.63) is 12.1 Å². The van der Waals surface area contributed by atoms with Gasteiger partial charge in [0.15, 0.2) is 11.0 Å². The molecule has 1 aliphatic carbocycles. The molecule has 2 aromatic rings. The average molecular weight is 274 g/mol.